The summed E-state index contributed by atoms with van der Waals surface area (Å²) in [6, 6.07) is 22.5. The molecule has 0 fully saturated rings. The maximum absolute atomic E-state index is 13.0. The molecule has 4 rings (SSSR count). The Morgan fingerprint density at radius 2 is 1.44 bits per heavy atom. The Balaban J connectivity index is 1.63. The van der Waals surface area contributed by atoms with Crippen LogP contribution in [0.5, 0.6) is 11.5 Å². The Kier molecular flexibility index (Phi) is 4.58. The smallest absolute Gasteiger partial charge is 0.339 e. The molecular formula is C22H16O5. The number of carbonyl (C=O) groups excluding carboxylic acids is 2. The number of hydrogen-bond acceptors (Lipinski definition) is 5. The van der Waals surface area contributed by atoms with Crippen LogP contribution in [0.15, 0.2) is 78.9 Å². The summed E-state index contributed by atoms with van der Waals surface area (Å²) in [5.41, 5.74) is 1.38. The predicted octanol–water partition coefficient (Wildman–Crippen LogP) is 4.20. The zero-order chi connectivity index (χ0) is 18.6. The topological polar surface area (TPSA) is 61.8 Å². The maximum Gasteiger partial charge on any atom is 0.339 e. The number of Topliss-reactive ketones (excluding diaryl/α,β-unsaturated/α-hetero) is 1. The quantitative estimate of drug-likeness (QED) is 0.504. The third kappa shape index (κ3) is 3.53. The maximum atomic E-state index is 13.0. The molecule has 1 aliphatic rings. The summed E-state index contributed by atoms with van der Waals surface area (Å²) in [6.07, 6.45) is -1.04. The van der Waals surface area contributed by atoms with E-state index in [1.165, 1.54) is 0 Å². The Morgan fingerprint density at radius 3 is 2.19 bits per heavy atom. The first-order chi connectivity index (χ1) is 13.2. The summed E-state index contributed by atoms with van der Waals surface area (Å²) in [4.78, 5) is 25.7. The molecule has 27 heavy (non-hydrogen) atoms. The van der Waals surface area contributed by atoms with E-state index >= 15 is 0 Å². The first-order valence-corrected chi connectivity index (χ1v) is 8.47. The third-order valence-electron chi connectivity index (χ3n) is 4.23. The fourth-order valence-corrected chi connectivity index (χ4v) is 2.85. The van der Waals surface area contributed by atoms with Crippen LogP contribution >= 0.6 is 0 Å². The average molecular weight is 360 g/mol. The molecule has 0 unspecified atom stereocenters. The molecule has 0 saturated carbocycles. The van der Waals surface area contributed by atoms with Crippen LogP contribution in [0.4, 0.5) is 0 Å². The lowest BCUT2D eigenvalue weighted by Gasteiger charge is -2.17. The molecule has 0 aromatic heterocycles. The van der Waals surface area contributed by atoms with Gasteiger partial charge in [0.05, 0.1) is 5.56 Å². The number of rotatable bonds is 5. The number of ether oxygens (including phenoxy) is 3. The first kappa shape index (κ1) is 16.8. The summed E-state index contributed by atoms with van der Waals surface area (Å²) in [7, 11) is 0. The second-order valence-corrected chi connectivity index (χ2v) is 5.99. The highest BCUT2D eigenvalue weighted by molar-refractivity contribution is 6.02. The molecular weight excluding hydrogens is 344 g/mol. The first-order valence-electron chi connectivity index (χ1n) is 8.47. The van der Waals surface area contributed by atoms with E-state index in [0.29, 0.717) is 28.2 Å². The molecule has 0 aliphatic carbocycles. The molecule has 3 aromatic rings. The Labute approximate surface area is 156 Å². The van der Waals surface area contributed by atoms with Crippen molar-refractivity contribution in [3.63, 3.8) is 0 Å². The van der Waals surface area contributed by atoms with Gasteiger partial charge in [0.2, 0.25) is 12.6 Å². The van der Waals surface area contributed by atoms with Crippen LogP contribution in [0.1, 0.15) is 32.4 Å². The fourth-order valence-electron chi connectivity index (χ4n) is 2.85. The zero-order valence-corrected chi connectivity index (χ0v) is 14.3. The van der Waals surface area contributed by atoms with Crippen molar-refractivity contribution in [3.8, 4) is 11.5 Å². The minimum atomic E-state index is -1.04. The molecule has 0 amide bonds. The van der Waals surface area contributed by atoms with Crippen LogP contribution in [-0.4, -0.2) is 18.5 Å². The number of benzene rings is 3. The Hall–Kier alpha value is -3.60. The lowest BCUT2D eigenvalue weighted by atomic mass is 10.00. The molecule has 5 heteroatoms. The molecule has 5 nitrogen and oxygen atoms in total. The third-order valence-corrected chi connectivity index (χ3v) is 4.23. The Bertz CT molecular complexity index is 967. The Morgan fingerprint density at radius 1 is 0.778 bits per heavy atom. The van der Waals surface area contributed by atoms with Crippen molar-refractivity contribution in [2.24, 2.45) is 0 Å². The van der Waals surface area contributed by atoms with Crippen LogP contribution in [0.2, 0.25) is 0 Å². The van der Waals surface area contributed by atoms with Gasteiger partial charge >= 0.3 is 5.97 Å². The molecule has 0 N–H and O–H groups in total. The minimum Gasteiger partial charge on any atom is -0.454 e. The number of hydrogen-bond donors (Lipinski definition) is 0. The highest BCUT2D eigenvalue weighted by atomic mass is 16.7. The van der Waals surface area contributed by atoms with Gasteiger partial charge in [0, 0.05) is 11.1 Å². The van der Waals surface area contributed by atoms with Crippen LogP contribution in [0.3, 0.4) is 0 Å². The van der Waals surface area contributed by atoms with E-state index in [4.69, 9.17) is 14.2 Å². The van der Waals surface area contributed by atoms with Crippen LogP contribution in [-0.2, 0) is 4.74 Å². The predicted molar refractivity (Wildman–Crippen MR) is 97.9 cm³/mol. The van der Waals surface area contributed by atoms with Gasteiger partial charge in [-0.2, -0.15) is 0 Å². The molecule has 1 heterocycles. The van der Waals surface area contributed by atoms with Crippen molar-refractivity contribution in [2.75, 3.05) is 6.79 Å². The molecule has 0 spiro atoms. The van der Waals surface area contributed by atoms with E-state index in [2.05, 4.69) is 0 Å². The van der Waals surface area contributed by atoms with E-state index in [1.54, 1.807) is 66.7 Å². The largest absolute Gasteiger partial charge is 0.454 e. The number of carbonyl (C=O) groups is 2. The minimum absolute atomic E-state index is 0.118. The molecule has 0 bridgehead atoms. The number of fused-ring (bicyclic) bond motifs is 1. The summed E-state index contributed by atoms with van der Waals surface area (Å²) < 4.78 is 16.2. The number of esters is 1. The fraction of sp³-hybridized carbons (Fsp3) is 0.0909. The summed E-state index contributed by atoms with van der Waals surface area (Å²) in [6.45, 7) is 0.118. The molecule has 0 radical (unpaired) electrons. The normalized spacial score (nSPS) is 13.0. The van der Waals surface area contributed by atoms with Gasteiger partial charge in [-0.3, -0.25) is 4.79 Å². The number of ketones is 1. The van der Waals surface area contributed by atoms with Crippen LogP contribution in [0.25, 0.3) is 0 Å². The van der Waals surface area contributed by atoms with Gasteiger partial charge in [-0.25, -0.2) is 4.79 Å². The van der Waals surface area contributed by atoms with Crippen molar-refractivity contribution < 1.29 is 23.8 Å². The van der Waals surface area contributed by atoms with E-state index < -0.39 is 12.1 Å². The van der Waals surface area contributed by atoms with Gasteiger partial charge in [-0.15, -0.1) is 0 Å². The van der Waals surface area contributed by atoms with Gasteiger partial charge in [0.1, 0.15) is 0 Å². The molecule has 0 saturated heterocycles. The lowest BCUT2D eigenvalue weighted by molar-refractivity contribution is 0.0280. The standard InChI is InChI=1S/C22H16O5/c23-20(15-7-3-1-4-8-15)21(16-9-5-2-6-10-16)27-22(24)17-11-12-18-19(13-17)26-14-25-18/h1-13,21H,14H2/t21-/m1/s1. The average Bonchev–Trinajstić information content (AvgIpc) is 3.20. The summed E-state index contributed by atoms with van der Waals surface area (Å²) in [5, 5.41) is 0. The van der Waals surface area contributed by atoms with Gasteiger partial charge in [0.15, 0.2) is 17.6 Å². The molecule has 1 aliphatic heterocycles. The van der Waals surface area contributed by atoms with Crippen molar-refractivity contribution in [1.82, 2.24) is 0 Å². The van der Waals surface area contributed by atoms with E-state index in [9.17, 15) is 9.59 Å². The lowest BCUT2D eigenvalue weighted by Crippen LogP contribution is -2.20. The van der Waals surface area contributed by atoms with Crippen molar-refractivity contribution in [1.29, 1.82) is 0 Å². The summed E-state index contributed by atoms with van der Waals surface area (Å²) in [5.74, 6) is 0.170. The SMILES string of the molecule is O=C(O[C@@H](C(=O)c1ccccc1)c1ccccc1)c1ccc2c(c1)OCO2. The molecule has 3 aromatic carbocycles. The van der Waals surface area contributed by atoms with Gasteiger partial charge in [-0.1, -0.05) is 60.7 Å². The van der Waals surface area contributed by atoms with Crippen LogP contribution < -0.4 is 9.47 Å². The van der Waals surface area contributed by atoms with E-state index in [1.807, 2.05) is 12.1 Å². The second-order valence-electron chi connectivity index (χ2n) is 5.99. The van der Waals surface area contributed by atoms with Gasteiger partial charge in [0.25, 0.3) is 0 Å². The highest BCUT2D eigenvalue weighted by Crippen LogP contribution is 2.33. The monoisotopic (exact) mass is 360 g/mol. The summed E-state index contributed by atoms with van der Waals surface area (Å²) >= 11 is 0. The highest BCUT2D eigenvalue weighted by Gasteiger charge is 2.27. The van der Waals surface area contributed by atoms with E-state index in [0.717, 1.165) is 0 Å². The zero-order valence-electron chi connectivity index (χ0n) is 14.3. The van der Waals surface area contributed by atoms with Crippen LogP contribution in [0, 0.1) is 0 Å². The second kappa shape index (κ2) is 7.33. The van der Waals surface area contributed by atoms with Crippen molar-refractivity contribution >= 4 is 11.8 Å². The van der Waals surface area contributed by atoms with Gasteiger partial charge in [-0.05, 0) is 18.2 Å². The molecule has 1 atom stereocenters. The van der Waals surface area contributed by atoms with Crippen molar-refractivity contribution in [2.45, 2.75) is 6.10 Å². The van der Waals surface area contributed by atoms with Gasteiger partial charge < -0.3 is 14.2 Å². The molecule has 134 valence electrons. The van der Waals surface area contributed by atoms with Crippen molar-refractivity contribution in [3.05, 3.63) is 95.6 Å². The van der Waals surface area contributed by atoms with E-state index in [-0.39, 0.29) is 12.6 Å².